The van der Waals surface area contributed by atoms with E-state index < -0.39 is 0 Å². The van der Waals surface area contributed by atoms with Crippen LogP contribution in [0.1, 0.15) is 65.0 Å². The summed E-state index contributed by atoms with van der Waals surface area (Å²) in [6.45, 7) is 10.0. The van der Waals surface area contributed by atoms with Gasteiger partial charge in [0, 0.05) is 25.5 Å². The molecule has 1 fully saturated rings. The SMILES string of the molecule is Cc1cnc([C@H]2CCC[C@@H](c3ncc(C)cc3C)N2CC=CCN)c(C)c1. The molecule has 1 aliphatic rings. The molecule has 2 N–H and O–H groups in total. The lowest BCUT2D eigenvalue weighted by Gasteiger charge is -2.42. The second-order valence-corrected chi connectivity index (χ2v) is 7.80. The van der Waals surface area contributed by atoms with Crippen LogP contribution in [-0.4, -0.2) is 28.0 Å². The van der Waals surface area contributed by atoms with Gasteiger partial charge in [-0.2, -0.15) is 0 Å². The lowest BCUT2D eigenvalue weighted by atomic mass is 9.88. The summed E-state index contributed by atoms with van der Waals surface area (Å²) in [6, 6.07) is 5.12. The molecule has 1 aliphatic heterocycles. The number of aromatic nitrogens is 2. The van der Waals surface area contributed by atoms with E-state index in [1.807, 2.05) is 18.5 Å². The van der Waals surface area contributed by atoms with Gasteiger partial charge in [-0.05, 0) is 69.2 Å². The molecule has 0 spiro atoms. The van der Waals surface area contributed by atoms with Gasteiger partial charge in [-0.1, -0.05) is 24.3 Å². The summed E-state index contributed by atoms with van der Waals surface area (Å²) in [5.41, 5.74) is 13.1. The Morgan fingerprint density at radius 2 is 1.44 bits per heavy atom. The van der Waals surface area contributed by atoms with Gasteiger partial charge in [0.2, 0.25) is 0 Å². The van der Waals surface area contributed by atoms with E-state index in [9.17, 15) is 0 Å². The van der Waals surface area contributed by atoms with Gasteiger partial charge < -0.3 is 5.73 Å². The van der Waals surface area contributed by atoms with Crippen molar-refractivity contribution in [3.63, 3.8) is 0 Å². The van der Waals surface area contributed by atoms with Crippen molar-refractivity contribution in [2.75, 3.05) is 13.1 Å². The predicted octanol–water partition coefficient (Wildman–Crippen LogP) is 4.49. The van der Waals surface area contributed by atoms with Gasteiger partial charge in [-0.25, -0.2) is 0 Å². The van der Waals surface area contributed by atoms with Crippen LogP contribution in [0.25, 0.3) is 0 Å². The molecule has 4 nitrogen and oxygen atoms in total. The molecule has 2 aromatic heterocycles. The van der Waals surface area contributed by atoms with E-state index in [2.05, 4.69) is 50.8 Å². The quantitative estimate of drug-likeness (QED) is 0.794. The molecular weight excluding hydrogens is 332 g/mol. The normalized spacial score (nSPS) is 21.1. The second kappa shape index (κ2) is 8.77. The first-order valence-corrected chi connectivity index (χ1v) is 9.98. The molecule has 4 heteroatoms. The van der Waals surface area contributed by atoms with Crippen LogP contribution in [0.3, 0.4) is 0 Å². The van der Waals surface area contributed by atoms with E-state index in [1.54, 1.807) is 0 Å². The molecule has 1 saturated heterocycles. The molecule has 27 heavy (non-hydrogen) atoms. The van der Waals surface area contributed by atoms with Crippen molar-refractivity contribution in [2.45, 2.75) is 59.0 Å². The van der Waals surface area contributed by atoms with E-state index in [-0.39, 0.29) is 0 Å². The molecule has 0 amide bonds. The van der Waals surface area contributed by atoms with E-state index in [0.717, 1.165) is 19.4 Å². The predicted molar refractivity (Wildman–Crippen MR) is 112 cm³/mol. The smallest absolute Gasteiger partial charge is 0.0605 e. The highest BCUT2D eigenvalue weighted by molar-refractivity contribution is 5.29. The van der Waals surface area contributed by atoms with E-state index >= 15 is 0 Å². The minimum atomic E-state index is 0.314. The molecule has 144 valence electrons. The third-order valence-electron chi connectivity index (χ3n) is 5.52. The lowest BCUT2D eigenvalue weighted by molar-refractivity contribution is 0.0901. The third kappa shape index (κ3) is 4.45. The molecule has 0 unspecified atom stereocenters. The summed E-state index contributed by atoms with van der Waals surface area (Å²) in [6.07, 6.45) is 11.7. The van der Waals surface area contributed by atoms with Gasteiger partial charge in [0.1, 0.15) is 0 Å². The molecule has 0 radical (unpaired) electrons. The highest BCUT2D eigenvalue weighted by Crippen LogP contribution is 2.42. The topological polar surface area (TPSA) is 55.0 Å². The Kier molecular flexibility index (Phi) is 6.40. The van der Waals surface area contributed by atoms with E-state index in [4.69, 9.17) is 15.7 Å². The Balaban J connectivity index is 2.00. The summed E-state index contributed by atoms with van der Waals surface area (Å²) in [5.74, 6) is 0. The zero-order chi connectivity index (χ0) is 19.4. The average Bonchev–Trinajstić information content (AvgIpc) is 2.63. The summed E-state index contributed by atoms with van der Waals surface area (Å²) < 4.78 is 0. The van der Waals surface area contributed by atoms with Gasteiger partial charge >= 0.3 is 0 Å². The van der Waals surface area contributed by atoms with Crippen LogP contribution in [0.5, 0.6) is 0 Å². The summed E-state index contributed by atoms with van der Waals surface area (Å²) in [5, 5.41) is 0. The Morgan fingerprint density at radius 3 is 1.89 bits per heavy atom. The fourth-order valence-electron chi connectivity index (χ4n) is 4.34. The molecule has 0 aliphatic carbocycles. The van der Waals surface area contributed by atoms with E-state index in [0.29, 0.717) is 18.6 Å². The third-order valence-corrected chi connectivity index (χ3v) is 5.52. The number of nitrogens with two attached hydrogens (primary N) is 1. The molecule has 3 heterocycles. The molecule has 0 saturated carbocycles. The first kappa shape index (κ1) is 19.7. The summed E-state index contributed by atoms with van der Waals surface area (Å²) in [4.78, 5) is 12.2. The second-order valence-electron chi connectivity index (χ2n) is 7.80. The maximum absolute atomic E-state index is 5.69. The molecule has 2 aromatic rings. The summed E-state index contributed by atoms with van der Waals surface area (Å²) >= 11 is 0. The summed E-state index contributed by atoms with van der Waals surface area (Å²) in [7, 11) is 0. The molecule has 0 bridgehead atoms. The van der Waals surface area contributed by atoms with E-state index in [1.165, 1.54) is 40.1 Å². The van der Waals surface area contributed by atoms with Crippen LogP contribution in [0, 0.1) is 27.7 Å². The van der Waals surface area contributed by atoms with Crippen LogP contribution in [0.4, 0.5) is 0 Å². The number of pyridine rings is 2. The number of likely N-dealkylation sites (tertiary alicyclic amines) is 1. The van der Waals surface area contributed by atoms with Crippen molar-refractivity contribution in [1.29, 1.82) is 0 Å². The van der Waals surface area contributed by atoms with Gasteiger partial charge in [0.25, 0.3) is 0 Å². The molecule has 2 atom stereocenters. The maximum atomic E-state index is 5.69. The Morgan fingerprint density at radius 1 is 0.926 bits per heavy atom. The maximum Gasteiger partial charge on any atom is 0.0605 e. The average molecular weight is 365 g/mol. The highest BCUT2D eigenvalue weighted by atomic mass is 15.2. The molecule has 3 rings (SSSR count). The fraction of sp³-hybridized carbons (Fsp3) is 0.478. The van der Waals surface area contributed by atoms with Gasteiger partial charge in [-0.15, -0.1) is 0 Å². The van der Waals surface area contributed by atoms with Crippen LogP contribution in [0.15, 0.2) is 36.7 Å². The van der Waals surface area contributed by atoms with Crippen LogP contribution < -0.4 is 5.73 Å². The van der Waals surface area contributed by atoms with Crippen molar-refractivity contribution in [3.8, 4) is 0 Å². The number of nitrogens with zero attached hydrogens (tertiary/aromatic N) is 3. The number of piperidine rings is 1. The standard InChI is InChI=1S/C23H32N4/c1-16-12-18(3)22(25-14-16)20-8-7-9-21(27(20)11-6-5-10-24)23-19(4)13-17(2)15-26-23/h5-6,12-15,20-21H,7-11,24H2,1-4H3/t20-,21+. The highest BCUT2D eigenvalue weighted by Gasteiger charge is 2.34. The number of hydrogen-bond donors (Lipinski definition) is 1. The monoisotopic (exact) mass is 364 g/mol. The first-order valence-electron chi connectivity index (χ1n) is 9.98. The minimum absolute atomic E-state index is 0.314. The van der Waals surface area contributed by atoms with Gasteiger partial charge in [-0.3, -0.25) is 14.9 Å². The van der Waals surface area contributed by atoms with Gasteiger partial charge in [0.05, 0.1) is 23.5 Å². The Hall–Kier alpha value is -2.04. The number of aryl methyl sites for hydroxylation is 4. The molecule has 0 aromatic carbocycles. The minimum Gasteiger partial charge on any atom is -0.327 e. The zero-order valence-electron chi connectivity index (χ0n) is 17.1. The van der Waals surface area contributed by atoms with Gasteiger partial charge in [0.15, 0.2) is 0 Å². The zero-order valence-corrected chi connectivity index (χ0v) is 17.1. The van der Waals surface area contributed by atoms with Crippen molar-refractivity contribution >= 4 is 0 Å². The first-order chi connectivity index (χ1) is 13.0. The number of hydrogen-bond acceptors (Lipinski definition) is 4. The van der Waals surface area contributed by atoms with Crippen molar-refractivity contribution in [3.05, 3.63) is 70.3 Å². The Labute approximate surface area is 163 Å². The fourth-order valence-corrected chi connectivity index (χ4v) is 4.34. The van der Waals surface area contributed by atoms with Crippen molar-refractivity contribution < 1.29 is 0 Å². The Bertz CT molecular complexity index is 753. The van der Waals surface area contributed by atoms with Crippen LogP contribution >= 0.6 is 0 Å². The number of rotatable bonds is 5. The van der Waals surface area contributed by atoms with Crippen molar-refractivity contribution in [1.82, 2.24) is 14.9 Å². The molecular formula is C23H32N4. The van der Waals surface area contributed by atoms with Crippen molar-refractivity contribution in [2.24, 2.45) is 5.73 Å². The lowest BCUT2D eigenvalue weighted by Crippen LogP contribution is -2.38. The van der Waals surface area contributed by atoms with Crippen LogP contribution in [-0.2, 0) is 0 Å². The largest absolute Gasteiger partial charge is 0.327 e. The van der Waals surface area contributed by atoms with Crippen LogP contribution in [0.2, 0.25) is 0 Å².